The van der Waals surface area contributed by atoms with Crippen molar-refractivity contribution in [2.75, 3.05) is 16.5 Å². The Morgan fingerprint density at radius 1 is 1.15 bits per heavy atom. The van der Waals surface area contributed by atoms with Gasteiger partial charge in [-0.05, 0) is 31.2 Å². The number of hydrogen-bond acceptors (Lipinski definition) is 6. The third-order valence-electron chi connectivity index (χ3n) is 3.04. The van der Waals surface area contributed by atoms with Crippen molar-refractivity contribution in [3.63, 3.8) is 0 Å². The number of carbonyl (C=O) groups excluding carboxylic acids is 2. The third kappa shape index (κ3) is 4.88. The van der Waals surface area contributed by atoms with Crippen molar-refractivity contribution in [3.8, 4) is 0 Å². The number of benzene rings is 1. The second-order valence-electron chi connectivity index (χ2n) is 5.18. The summed E-state index contributed by atoms with van der Waals surface area (Å²) in [5.41, 5.74) is 1.02. The number of anilines is 2. The maximum absolute atomic E-state index is 12.6. The van der Waals surface area contributed by atoms with Crippen LogP contribution in [0.3, 0.4) is 0 Å². The van der Waals surface area contributed by atoms with E-state index in [-0.39, 0.29) is 11.1 Å². The van der Waals surface area contributed by atoms with Crippen LogP contribution in [0, 0.1) is 0 Å². The lowest BCUT2D eigenvalue weighted by Crippen LogP contribution is -2.25. The largest absolute Gasteiger partial charge is 0.453 e. The molecule has 12 heteroatoms. The number of carbonyl (C=O) groups is 2. The summed E-state index contributed by atoms with van der Waals surface area (Å²) < 4.78 is 38.2. The van der Waals surface area contributed by atoms with Gasteiger partial charge in [0.2, 0.25) is 17.0 Å². The number of halogens is 3. The number of nitrogen functional groups attached to an aromatic ring is 1. The van der Waals surface area contributed by atoms with E-state index in [1.807, 2.05) is 0 Å². The van der Waals surface area contributed by atoms with Crippen LogP contribution in [-0.2, 0) is 15.8 Å². The van der Waals surface area contributed by atoms with Crippen molar-refractivity contribution >= 4 is 35.0 Å². The quantitative estimate of drug-likeness (QED) is 0.534. The van der Waals surface area contributed by atoms with Gasteiger partial charge in [-0.1, -0.05) is 11.8 Å². The van der Waals surface area contributed by atoms with E-state index in [0.29, 0.717) is 16.1 Å². The number of hydrogen-bond donors (Lipinski definition) is 3. The topological polar surface area (TPSA) is 115 Å². The van der Waals surface area contributed by atoms with E-state index in [0.717, 1.165) is 11.8 Å². The molecule has 0 aliphatic carbocycles. The monoisotopic (exact) mass is 388 g/mol. The lowest BCUT2D eigenvalue weighted by molar-refractivity contribution is -0.146. The summed E-state index contributed by atoms with van der Waals surface area (Å²) in [4.78, 5) is 23.1. The van der Waals surface area contributed by atoms with Gasteiger partial charge in [0.1, 0.15) is 0 Å². The Morgan fingerprint density at radius 3 is 2.15 bits per heavy atom. The van der Waals surface area contributed by atoms with Crippen LogP contribution >= 0.6 is 11.8 Å². The zero-order valence-electron chi connectivity index (χ0n) is 13.7. The second kappa shape index (κ2) is 7.64. The van der Waals surface area contributed by atoms with Gasteiger partial charge in [-0.15, -0.1) is 10.2 Å². The molecule has 1 heterocycles. The lowest BCUT2D eigenvalue weighted by Gasteiger charge is -2.12. The highest BCUT2D eigenvalue weighted by atomic mass is 32.2. The van der Waals surface area contributed by atoms with Gasteiger partial charge in [-0.3, -0.25) is 9.59 Å². The fourth-order valence-electron chi connectivity index (χ4n) is 1.85. The smallest absolute Gasteiger partial charge is 0.335 e. The first-order chi connectivity index (χ1) is 12.1. The van der Waals surface area contributed by atoms with Crippen LogP contribution in [0.25, 0.3) is 0 Å². The van der Waals surface area contributed by atoms with Gasteiger partial charge in [-0.25, -0.2) is 4.68 Å². The molecule has 2 amide bonds. The molecule has 140 valence electrons. The highest BCUT2D eigenvalue weighted by Gasteiger charge is 2.38. The van der Waals surface area contributed by atoms with Gasteiger partial charge in [-0.2, -0.15) is 13.2 Å². The summed E-state index contributed by atoms with van der Waals surface area (Å²) >= 11 is 0.741. The fraction of sp³-hybridized carbons (Fsp3) is 0.286. The Kier molecular flexibility index (Phi) is 5.75. The second-order valence-corrected chi connectivity index (χ2v) is 6.49. The highest BCUT2D eigenvalue weighted by Crippen LogP contribution is 2.30. The van der Waals surface area contributed by atoms with Gasteiger partial charge in [0.25, 0.3) is 5.82 Å². The molecule has 2 rings (SSSR count). The molecule has 2 aromatic rings. The van der Waals surface area contributed by atoms with Crippen LogP contribution in [-0.4, -0.2) is 31.9 Å². The van der Waals surface area contributed by atoms with Crippen LogP contribution in [0.2, 0.25) is 0 Å². The molecule has 0 aliphatic heterocycles. The predicted molar refractivity (Wildman–Crippen MR) is 89.9 cm³/mol. The number of alkyl halides is 3. The molecule has 26 heavy (non-hydrogen) atoms. The van der Waals surface area contributed by atoms with E-state index < -0.39 is 23.2 Å². The summed E-state index contributed by atoms with van der Waals surface area (Å²) in [6.45, 7) is 2.86. The summed E-state index contributed by atoms with van der Waals surface area (Å²) in [7, 11) is 0. The van der Waals surface area contributed by atoms with E-state index in [1.165, 1.54) is 13.8 Å². The predicted octanol–water partition coefficient (Wildman–Crippen LogP) is 2.09. The van der Waals surface area contributed by atoms with E-state index in [4.69, 9.17) is 5.84 Å². The van der Waals surface area contributed by atoms with Gasteiger partial charge in [0.05, 0.1) is 5.25 Å². The zero-order chi connectivity index (χ0) is 19.5. The van der Waals surface area contributed by atoms with E-state index in [9.17, 15) is 22.8 Å². The number of rotatable bonds is 5. The first-order valence-corrected chi connectivity index (χ1v) is 8.08. The lowest BCUT2D eigenvalue weighted by atomic mass is 10.2. The van der Waals surface area contributed by atoms with E-state index >= 15 is 0 Å². The molecule has 1 aromatic carbocycles. The summed E-state index contributed by atoms with van der Waals surface area (Å²) in [5, 5.41) is 10.5. The van der Waals surface area contributed by atoms with Crippen LogP contribution in [0.1, 0.15) is 19.7 Å². The normalized spacial score (nSPS) is 12.5. The van der Waals surface area contributed by atoms with E-state index in [1.54, 1.807) is 24.3 Å². The number of amides is 2. The molecule has 0 aliphatic rings. The van der Waals surface area contributed by atoms with Crippen LogP contribution in [0.4, 0.5) is 24.5 Å². The molecule has 8 nitrogen and oxygen atoms in total. The van der Waals surface area contributed by atoms with Gasteiger partial charge < -0.3 is 16.5 Å². The van der Waals surface area contributed by atoms with Crippen molar-refractivity contribution in [1.29, 1.82) is 0 Å². The molecule has 0 fully saturated rings. The first kappa shape index (κ1) is 19.6. The van der Waals surface area contributed by atoms with Crippen molar-refractivity contribution in [1.82, 2.24) is 14.9 Å². The Balaban J connectivity index is 2.00. The van der Waals surface area contributed by atoms with E-state index in [2.05, 4.69) is 20.8 Å². The average Bonchev–Trinajstić information content (AvgIpc) is 2.89. The summed E-state index contributed by atoms with van der Waals surface area (Å²) in [6.07, 6.45) is -4.73. The Morgan fingerprint density at radius 2 is 1.69 bits per heavy atom. The zero-order valence-corrected chi connectivity index (χ0v) is 14.5. The maximum Gasteiger partial charge on any atom is 0.453 e. The molecule has 1 aromatic heterocycles. The highest BCUT2D eigenvalue weighted by molar-refractivity contribution is 8.00. The molecule has 0 unspecified atom stereocenters. The van der Waals surface area contributed by atoms with Crippen LogP contribution in [0.15, 0.2) is 29.4 Å². The van der Waals surface area contributed by atoms with Crippen molar-refractivity contribution in [2.45, 2.75) is 30.4 Å². The number of nitrogens with one attached hydrogen (secondary N) is 2. The van der Waals surface area contributed by atoms with Gasteiger partial charge in [0, 0.05) is 18.3 Å². The molecule has 0 radical (unpaired) electrons. The van der Waals surface area contributed by atoms with Crippen molar-refractivity contribution in [3.05, 3.63) is 30.1 Å². The van der Waals surface area contributed by atoms with Crippen LogP contribution in [0.5, 0.6) is 0 Å². The third-order valence-corrected chi connectivity index (χ3v) is 4.10. The molecule has 0 saturated heterocycles. The minimum atomic E-state index is -4.73. The minimum absolute atomic E-state index is 0.226. The van der Waals surface area contributed by atoms with Crippen LogP contribution < -0.4 is 16.5 Å². The number of thioether (sulfide) groups is 1. The van der Waals surface area contributed by atoms with Gasteiger partial charge in [0.15, 0.2) is 0 Å². The standard InChI is InChI=1S/C14H15F3N6O2S/c1-7(26-13-22-21-12(23(13)18)14(15,16)17)11(25)20-10-5-3-9(4-6-10)19-8(2)24/h3-7H,18H2,1-2H3,(H,19,24)(H,20,25)/t7-/m1/s1. The average molecular weight is 388 g/mol. The fourth-order valence-corrected chi connectivity index (χ4v) is 2.62. The molecular weight excluding hydrogens is 373 g/mol. The molecule has 0 saturated carbocycles. The first-order valence-electron chi connectivity index (χ1n) is 7.21. The number of nitrogens with zero attached hydrogens (tertiary/aromatic N) is 3. The van der Waals surface area contributed by atoms with Gasteiger partial charge >= 0.3 is 6.18 Å². The molecule has 0 spiro atoms. The maximum atomic E-state index is 12.6. The molecule has 0 bridgehead atoms. The number of nitrogens with two attached hydrogens (primary N) is 1. The Hall–Kier alpha value is -2.76. The Bertz CT molecular complexity index is 806. The molecule has 4 N–H and O–H groups in total. The Labute approximate surface area is 150 Å². The summed E-state index contributed by atoms with van der Waals surface area (Å²) in [6, 6.07) is 6.35. The van der Waals surface area contributed by atoms with Crippen molar-refractivity contribution < 1.29 is 22.8 Å². The molecule has 1 atom stereocenters. The SMILES string of the molecule is CC(=O)Nc1ccc(NC(=O)[C@@H](C)Sc2nnc(C(F)(F)F)n2N)cc1. The minimum Gasteiger partial charge on any atom is -0.335 e. The van der Waals surface area contributed by atoms with Crippen molar-refractivity contribution in [2.24, 2.45) is 0 Å². The summed E-state index contributed by atoms with van der Waals surface area (Å²) in [5.74, 6) is 3.30. The molecular formula is C14H15F3N6O2S. The number of aromatic nitrogens is 3.